The number of piperidine rings is 1. The molecule has 0 saturated carbocycles. The number of anilines is 1. The lowest BCUT2D eigenvalue weighted by molar-refractivity contribution is 0.160. The fraction of sp³-hybridized carbons (Fsp3) is 0.478. The van der Waals surface area contributed by atoms with Crippen molar-refractivity contribution in [2.45, 2.75) is 64.6 Å². The van der Waals surface area contributed by atoms with Crippen LogP contribution in [0.4, 0.5) is 5.95 Å². The molecule has 8 nitrogen and oxygen atoms in total. The third kappa shape index (κ3) is 5.02. The van der Waals surface area contributed by atoms with Gasteiger partial charge in [0.25, 0.3) is 0 Å². The summed E-state index contributed by atoms with van der Waals surface area (Å²) in [5, 5.41) is 23.0. The highest BCUT2D eigenvalue weighted by atomic mass is 35.5. The minimum Gasteiger partial charge on any atom is -0.507 e. The molecular weight excluding hydrogens is 426 g/mol. The Balaban J connectivity index is 0.00000289. The lowest BCUT2D eigenvalue weighted by Gasteiger charge is -2.48. The molecule has 0 bridgehead atoms. The molecule has 0 spiro atoms. The fourth-order valence-corrected chi connectivity index (χ4v) is 4.72. The van der Waals surface area contributed by atoms with Crippen molar-refractivity contribution in [2.24, 2.45) is 0 Å². The molecule has 4 rings (SSSR count). The molecule has 3 aromatic rings. The Labute approximate surface area is 195 Å². The Morgan fingerprint density at radius 2 is 1.78 bits per heavy atom. The van der Waals surface area contributed by atoms with Crippen LogP contribution in [0.5, 0.6) is 5.75 Å². The first-order chi connectivity index (χ1) is 14.5. The van der Waals surface area contributed by atoms with E-state index in [9.17, 15) is 5.11 Å². The van der Waals surface area contributed by atoms with E-state index in [1.165, 1.54) is 0 Å². The third-order valence-corrected chi connectivity index (χ3v) is 5.85. The minimum absolute atomic E-state index is 0. The monoisotopic (exact) mass is 457 g/mol. The van der Waals surface area contributed by atoms with Crippen LogP contribution in [0.15, 0.2) is 36.9 Å². The number of halogens is 1. The second-order valence-electron chi connectivity index (χ2n) is 9.83. The van der Waals surface area contributed by atoms with Crippen LogP contribution in [0.3, 0.4) is 0 Å². The van der Waals surface area contributed by atoms with Crippen molar-refractivity contribution in [3.8, 4) is 22.7 Å². The third-order valence-electron chi connectivity index (χ3n) is 5.85. The molecule has 172 valence electrons. The van der Waals surface area contributed by atoms with Gasteiger partial charge >= 0.3 is 0 Å². The van der Waals surface area contributed by atoms with Crippen LogP contribution in [-0.4, -0.2) is 54.0 Å². The molecule has 9 heteroatoms. The average Bonchev–Trinajstić information content (AvgIpc) is 3.11. The van der Waals surface area contributed by atoms with E-state index < -0.39 is 0 Å². The van der Waals surface area contributed by atoms with Crippen LogP contribution >= 0.6 is 12.4 Å². The van der Waals surface area contributed by atoms with Gasteiger partial charge in [0.15, 0.2) is 0 Å². The quantitative estimate of drug-likeness (QED) is 0.613. The highest BCUT2D eigenvalue weighted by Crippen LogP contribution is 2.33. The molecule has 1 fully saturated rings. The lowest BCUT2D eigenvalue weighted by atomic mass is 9.79. The Bertz CT molecular complexity index is 1060. The number of phenolic OH excluding ortho intramolecular Hbond substituents is 1. The lowest BCUT2D eigenvalue weighted by Crippen LogP contribution is -2.62. The van der Waals surface area contributed by atoms with Crippen LogP contribution in [0.25, 0.3) is 16.9 Å². The topological polar surface area (TPSA) is 92.0 Å². The fourth-order valence-electron chi connectivity index (χ4n) is 4.72. The van der Waals surface area contributed by atoms with Gasteiger partial charge in [-0.05, 0) is 59.6 Å². The second-order valence-corrected chi connectivity index (χ2v) is 9.83. The number of aromatic hydroxyl groups is 1. The number of hydrogen-bond acceptors (Lipinski definition) is 7. The number of phenols is 1. The van der Waals surface area contributed by atoms with Crippen molar-refractivity contribution in [3.63, 3.8) is 0 Å². The summed E-state index contributed by atoms with van der Waals surface area (Å²) in [5.41, 5.74) is 2.95. The van der Waals surface area contributed by atoms with Crippen LogP contribution < -0.4 is 10.2 Å². The van der Waals surface area contributed by atoms with Crippen molar-refractivity contribution in [1.82, 2.24) is 30.0 Å². The molecule has 0 aliphatic carbocycles. The predicted octanol–water partition coefficient (Wildman–Crippen LogP) is 3.91. The smallest absolute Gasteiger partial charge is 0.245 e. The number of nitrogens with zero attached hydrogens (tertiary/aromatic N) is 6. The first-order valence-electron chi connectivity index (χ1n) is 10.6. The zero-order chi connectivity index (χ0) is 22.4. The average molecular weight is 458 g/mol. The molecule has 1 aliphatic heterocycles. The first kappa shape index (κ1) is 23.9. The van der Waals surface area contributed by atoms with Gasteiger partial charge in [0, 0.05) is 42.0 Å². The maximum atomic E-state index is 10.6. The molecule has 0 amide bonds. The van der Waals surface area contributed by atoms with Gasteiger partial charge in [-0.3, -0.25) is 0 Å². The molecule has 0 unspecified atom stereocenters. The normalized spacial score (nSPS) is 17.6. The highest BCUT2D eigenvalue weighted by molar-refractivity contribution is 5.85. The molecule has 3 heterocycles. The van der Waals surface area contributed by atoms with Gasteiger partial charge in [0.05, 0.1) is 23.9 Å². The van der Waals surface area contributed by atoms with Gasteiger partial charge in [-0.1, -0.05) is 0 Å². The van der Waals surface area contributed by atoms with Gasteiger partial charge in [0.2, 0.25) is 5.95 Å². The number of aromatic nitrogens is 5. The molecule has 0 atom stereocenters. The summed E-state index contributed by atoms with van der Waals surface area (Å²) in [6, 6.07) is 5.74. The first-order valence-corrected chi connectivity index (χ1v) is 10.6. The maximum Gasteiger partial charge on any atom is 0.245 e. The molecule has 1 aromatic carbocycles. The molecule has 2 aromatic heterocycles. The zero-order valence-corrected chi connectivity index (χ0v) is 20.3. The number of hydrogen-bond donors (Lipinski definition) is 2. The number of benzene rings is 1. The van der Waals surface area contributed by atoms with Crippen LogP contribution in [0.2, 0.25) is 0 Å². The Morgan fingerprint density at radius 3 is 2.31 bits per heavy atom. The van der Waals surface area contributed by atoms with E-state index in [-0.39, 0.29) is 29.2 Å². The largest absolute Gasteiger partial charge is 0.507 e. The molecule has 1 saturated heterocycles. The molecule has 2 N–H and O–H groups in total. The van der Waals surface area contributed by atoms with Crippen molar-refractivity contribution in [1.29, 1.82) is 0 Å². The molecular formula is C23H32ClN7O. The van der Waals surface area contributed by atoms with E-state index in [1.54, 1.807) is 18.6 Å². The standard InChI is InChI=1S/C23H31N7O.ClH/c1-15-13-30(14-25-15)16-7-8-18(20(31)9-16)19-12-24-21(27-26-19)29(6)17-10-22(2,3)28-23(4,5)11-17;/h7-9,12-14,17,28,31H,10-11H2,1-6H3;1H. The minimum atomic E-state index is 0. The zero-order valence-electron chi connectivity index (χ0n) is 19.5. The van der Waals surface area contributed by atoms with Crippen molar-refractivity contribution >= 4 is 18.4 Å². The summed E-state index contributed by atoms with van der Waals surface area (Å²) >= 11 is 0. The van der Waals surface area contributed by atoms with E-state index in [0.29, 0.717) is 23.2 Å². The summed E-state index contributed by atoms with van der Waals surface area (Å²) in [6.45, 7) is 10.8. The van der Waals surface area contributed by atoms with Crippen molar-refractivity contribution in [3.05, 3.63) is 42.6 Å². The highest BCUT2D eigenvalue weighted by Gasteiger charge is 2.39. The summed E-state index contributed by atoms with van der Waals surface area (Å²) in [6.07, 6.45) is 7.29. The number of aryl methyl sites for hydroxylation is 1. The Morgan fingerprint density at radius 1 is 1.09 bits per heavy atom. The SMILES string of the molecule is Cc1cn(-c2ccc(-c3cnc(N(C)C4CC(C)(C)NC(C)(C)C4)nn3)c(O)c2)cn1.Cl. The summed E-state index contributed by atoms with van der Waals surface area (Å²) in [4.78, 5) is 10.9. The van der Waals surface area contributed by atoms with Gasteiger partial charge in [-0.15, -0.1) is 22.6 Å². The van der Waals surface area contributed by atoms with Crippen LogP contribution in [0.1, 0.15) is 46.2 Å². The molecule has 0 radical (unpaired) electrons. The number of nitrogens with one attached hydrogen (secondary N) is 1. The van der Waals surface area contributed by atoms with E-state index in [0.717, 1.165) is 24.2 Å². The summed E-state index contributed by atoms with van der Waals surface area (Å²) in [7, 11) is 2.03. The van der Waals surface area contributed by atoms with Crippen LogP contribution in [-0.2, 0) is 0 Å². The molecule has 32 heavy (non-hydrogen) atoms. The van der Waals surface area contributed by atoms with Gasteiger partial charge < -0.3 is 19.9 Å². The van der Waals surface area contributed by atoms with Crippen molar-refractivity contribution < 1.29 is 5.11 Å². The van der Waals surface area contributed by atoms with E-state index in [4.69, 9.17) is 0 Å². The van der Waals surface area contributed by atoms with E-state index in [1.807, 2.05) is 36.9 Å². The Kier molecular flexibility index (Phi) is 6.49. The van der Waals surface area contributed by atoms with Gasteiger partial charge in [-0.2, -0.15) is 0 Å². The maximum absolute atomic E-state index is 10.6. The summed E-state index contributed by atoms with van der Waals surface area (Å²) in [5.74, 6) is 0.718. The van der Waals surface area contributed by atoms with E-state index >= 15 is 0 Å². The van der Waals surface area contributed by atoms with Crippen LogP contribution in [0, 0.1) is 6.92 Å². The van der Waals surface area contributed by atoms with Gasteiger partial charge in [-0.25, -0.2) is 9.97 Å². The summed E-state index contributed by atoms with van der Waals surface area (Å²) < 4.78 is 1.86. The predicted molar refractivity (Wildman–Crippen MR) is 129 cm³/mol. The Hall–Kier alpha value is -2.71. The number of imidazole rings is 1. The van der Waals surface area contributed by atoms with Gasteiger partial charge in [0.1, 0.15) is 11.4 Å². The van der Waals surface area contributed by atoms with E-state index in [2.05, 4.69) is 58.1 Å². The second kappa shape index (κ2) is 8.67. The van der Waals surface area contributed by atoms with Crippen molar-refractivity contribution in [2.75, 3.05) is 11.9 Å². The molecule has 1 aliphatic rings. The number of rotatable bonds is 4.